The zero-order valence-electron chi connectivity index (χ0n) is 12.8. The third-order valence-corrected chi connectivity index (χ3v) is 4.63. The molecule has 5 nitrogen and oxygen atoms in total. The second-order valence-electron chi connectivity index (χ2n) is 5.76. The summed E-state index contributed by atoms with van der Waals surface area (Å²) in [6, 6.07) is 2.32. The van der Waals surface area contributed by atoms with Crippen LogP contribution in [0.1, 0.15) is 18.4 Å². The summed E-state index contributed by atoms with van der Waals surface area (Å²) in [6.45, 7) is 3.09. The molecule has 2 aromatic heterocycles. The number of fused-ring (bicyclic) bond motifs is 1. The molecular weight excluding hydrogens is 300 g/mol. The van der Waals surface area contributed by atoms with Gasteiger partial charge in [-0.15, -0.1) is 0 Å². The van der Waals surface area contributed by atoms with Crippen LogP contribution in [0.3, 0.4) is 0 Å². The minimum atomic E-state index is 0.357. The van der Waals surface area contributed by atoms with Gasteiger partial charge in [-0.05, 0) is 44.0 Å². The van der Waals surface area contributed by atoms with Crippen molar-refractivity contribution in [1.29, 1.82) is 0 Å². The van der Waals surface area contributed by atoms with Gasteiger partial charge < -0.3 is 15.4 Å². The summed E-state index contributed by atoms with van der Waals surface area (Å²) in [6.07, 6.45) is 6.38. The second kappa shape index (κ2) is 6.77. The number of nitrogens with zero attached hydrogens (tertiary/aromatic N) is 3. The van der Waals surface area contributed by atoms with Crippen LogP contribution in [0.15, 0.2) is 18.5 Å². The van der Waals surface area contributed by atoms with Crippen molar-refractivity contribution in [2.24, 2.45) is 5.73 Å². The summed E-state index contributed by atoms with van der Waals surface area (Å²) in [5.74, 6) is 0.724. The molecule has 0 bridgehead atoms. The Bertz CT molecular complexity index is 656. The first kappa shape index (κ1) is 15.5. The van der Waals surface area contributed by atoms with Gasteiger partial charge in [-0.2, -0.15) is 0 Å². The molecule has 0 aliphatic carbocycles. The minimum absolute atomic E-state index is 0.357. The van der Waals surface area contributed by atoms with E-state index in [0.717, 1.165) is 55.6 Å². The Labute approximate surface area is 135 Å². The molecule has 1 saturated heterocycles. The fraction of sp³-hybridized carbons (Fsp3) is 0.500. The third-order valence-electron chi connectivity index (χ3n) is 4.30. The molecule has 0 spiro atoms. The van der Waals surface area contributed by atoms with E-state index in [4.69, 9.17) is 22.1 Å². The van der Waals surface area contributed by atoms with Crippen molar-refractivity contribution in [3.63, 3.8) is 0 Å². The molecule has 3 heterocycles. The summed E-state index contributed by atoms with van der Waals surface area (Å²) in [7, 11) is 1.64. The largest absolute Gasteiger partial charge is 0.495 e. The summed E-state index contributed by atoms with van der Waals surface area (Å²) in [5, 5.41) is 1.66. The first-order chi connectivity index (χ1) is 10.7. The molecule has 0 aromatic carbocycles. The first-order valence-electron chi connectivity index (χ1n) is 7.62. The molecule has 6 heteroatoms. The van der Waals surface area contributed by atoms with Gasteiger partial charge in [0.15, 0.2) is 5.65 Å². The fourth-order valence-corrected chi connectivity index (χ4v) is 3.14. The number of ether oxygens (including phenoxy) is 1. The number of halogens is 1. The molecule has 1 aliphatic heterocycles. The molecule has 1 aliphatic rings. The van der Waals surface area contributed by atoms with Crippen molar-refractivity contribution in [3.05, 3.63) is 29.0 Å². The van der Waals surface area contributed by atoms with Crippen LogP contribution in [-0.4, -0.2) is 47.7 Å². The van der Waals surface area contributed by atoms with E-state index in [1.807, 2.05) is 6.07 Å². The van der Waals surface area contributed by atoms with Crippen LogP contribution in [0.25, 0.3) is 11.0 Å². The number of hydrogen-bond acceptors (Lipinski definition) is 5. The quantitative estimate of drug-likeness (QED) is 0.936. The Morgan fingerprint density at radius 1 is 1.32 bits per heavy atom. The Morgan fingerprint density at radius 3 is 2.77 bits per heavy atom. The molecule has 0 unspecified atom stereocenters. The third kappa shape index (κ3) is 3.32. The molecule has 3 rings (SSSR count). The summed E-state index contributed by atoms with van der Waals surface area (Å²) < 4.78 is 5.27. The number of hydrogen-bond donors (Lipinski definition) is 1. The van der Waals surface area contributed by atoms with Gasteiger partial charge in [-0.25, -0.2) is 9.97 Å². The monoisotopic (exact) mass is 320 g/mol. The lowest BCUT2D eigenvalue weighted by Crippen LogP contribution is -2.40. The minimum Gasteiger partial charge on any atom is -0.495 e. The molecule has 22 heavy (non-hydrogen) atoms. The smallest absolute Gasteiger partial charge is 0.159 e. The number of piperidine rings is 1. The highest BCUT2D eigenvalue weighted by Crippen LogP contribution is 2.27. The highest BCUT2D eigenvalue weighted by Gasteiger charge is 2.17. The van der Waals surface area contributed by atoms with E-state index in [2.05, 4.69) is 14.9 Å². The molecule has 0 amide bonds. The second-order valence-corrected chi connectivity index (χ2v) is 6.17. The van der Waals surface area contributed by atoms with Crippen LogP contribution >= 0.6 is 11.6 Å². The molecular formula is C16H21ClN4O. The fourth-order valence-electron chi connectivity index (χ4n) is 2.90. The molecule has 0 saturated carbocycles. The van der Waals surface area contributed by atoms with Crippen molar-refractivity contribution < 1.29 is 4.74 Å². The predicted octanol–water partition coefficient (Wildman–Crippen LogP) is 2.26. The highest BCUT2D eigenvalue weighted by molar-refractivity contribution is 6.32. The van der Waals surface area contributed by atoms with E-state index in [1.54, 1.807) is 19.5 Å². The van der Waals surface area contributed by atoms with Crippen molar-refractivity contribution >= 4 is 22.6 Å². The van der Waals surface area contributed by atoms with Crippen LogP contribution in [0.5, 0.6) is 5.75 Å². The van der Waals surface area contributed by atoms with Crippen LogP contribution in [-0.2, 0) is 6.42 Å². The number of methoxy groups -OCH3 is 1. The lowest BCUT2D eigenvalue weighted by atomic mass is 10.0. The van der Waals surface area contributed by atoms with Crippen LogP contribution < -0.4 is 10.5 Å². The van der Waals surface area contributed by atoms with E-state index < -0.39 is 0 Å². The summed E-state index contributed by atoms with van der Waals surface area (Å²) in [5.41, 5.74) is 7.76. The van der Waals surface area contributed by atoms with Gasteiger partial charge in [0.1, 0.15) is 5.75 Å². The zero-order valence-corrected chi connectivity index (χ0v) is 13.5. The summed E-state index contributed by atoms with van der Waals surface area (Å²) in [4.78, 5) is 11.1. The Kier molecular flexibility index (Phi) is 4.76. The van der Waals surface area contributed by atoms with E-state index in [9.17, 15) is 0 Å². The van der Waals surface area contributed by atoms with Gasteiger partial charge in [0.2, 0.25) is 0 Å². The van der Waals surface area contributed by atoms with Gasteiger partial charge >= 0.3 is 0 Å². The molecule has 0 atom stereocenters. The Hall–Kier alpha value is -1.43. The van der Waals surface area contributed by atoms with E-state index in [0.29, 0.717) is 16.7 Å². The maximum atomic E-state index is 6.37. The normalized spacial score (nSPS) is 17.0. The number of rotatable bonds is 4. The highest BCUT2D eigenvalue weighted by atomic mass is 35.5. The molecule has 0 radical (unpaired) electrons. The van der Waals surface area contributed by atoms with Crippen molar-refractivity contribution in [1.82, 2.24) is 14.9 Å². The first-order valence-corrected chi connectivity index (χ1v) is 8.00. The average molecular weight is 321 g/mol. The maximum absolute atomic E-state index is 6.37. The molecule has 118 valence electrons. The Balaban J connectivity index is 1.81. The standard InChI is InChI=1S/C16H21ClN4O/c1-22-12-8-14-13(15(17)10-20-16(14)19-9-12)4-7-21-5-2-11(18)3-6-21/h8-11H,2-7,18H2,1H3. The lowest BCUT2D eigenvalue weighted by Gasteiger charge is -2.30. The van der Waals surface area contributed by atoms with Gasteiger partial charge in [0.25, 0.3) is 0 Å². The van der Waals surface area contributed by atoms with Crippen molar-refractivity contribution in [2.45, 2.75) is 25.3 Å². The number of aromatic nitrogens is 2. The van der Waals surface area contributed by atoms with Crippen molar-refractivity contribution in [2.75, 3.05) is 26.7 Å². The predicted molar refractivity (Wildman–Crippen MR) is 88.5 cm³/mol. The molecule has 2 aromatic rings. The van der Waals surface area contributed by atoms with Crippen LogP contribution in [0.4, 0.5) is 0 Å². The van der Waals surface area contributed by atoms with Gasteiger partial charge in [-0.3, -0.25) is 0 Å². The van der Waals surface area contributed by atoms with E-state index in [1.165, 1.54) is 0 Å². The topological polar surface area (TPSA) is 64.3 Å². The molecule has 1 fully saturated rings. The van der Waals surface area contributed by atoms with E-state index in [-0.39, 0.29) is 0 Å². The van der Waals surface area contributed by atoms with Crippen molar-refractivity contribution in [3.8, 4) is 5.75 Å². The number of likely N-dealkylation sites (tertiary alicyclic amines) is 1. The van der Waals surface area contributed by atoms with Crippen LogP contribution in [0.2, 0.25) is 5.02 Å². The average Bonchev–Trinajstić information content (AvgIpc) is 2.55. The SMILES string of the molecule is COc1cnc2ncc(Cl)c(CCN3CCC(N)CC3)c2c1. The Morgan fingerprint density at radius 2 is 2.05 bits per heavy atom. The van der Waals surface area contributed by atoms with E-state index >= 15 is 0 Å². The molecule has 2 N–H and O–H groups in total. The van der Waals surface area contributed by atoms with Gasteiger partial charge in [-0.1, -0.05) is 11.6 Å². The summed E-state index contributed by atoms with van der Waals surface area (Å²) >= 11 is 6.37. The van der Waals surface area contributed by atoms with Crippen LogP contribution in [0, 0.1) is 0 Å². The van der Waals surface area contributed by atoms with Gasteiger partial charge in [0, 0.05) is 24.2 Å². The maximum Gasteiger partial charge on any atom is 0.159 e. The van der Waals surface area contributed by atoms with Gasteiger partial charge in [0.05, 0.1) is 18.3 Å². The zero-order chi connectivity index (χ0) is 15.5. The number of nitrogens with two attached hydrogens (primary N) is 1. The lowest BCUT2D eigenvalue weighted by molar-refractivity contribution is 0.216. The number of pyridine rings is 2.